The fourth-order valence-corrected chi connectivity index (χ4v) is 4.59. The highest BCUT2D eigenvalue weighted by atomic mass is 79.9. The van der Waals surface area contributed by atoms with E-state index in [-0.39, 0.29) is 18.5 Å². The molecular formula is C26H31BrF2N2O4. The molecule has 1 unspecified atom stereocenters. The summed E-state index contributed by atoms with van der Waals surface area (Å²) in [6, 6.07) is 9.78. The summed E-state index contributed by atoms with van der Waals surface area (Å²) in [5, 5.41) is 13.9. The molecule has 1 saturated carbocycles. The lowest BCUT2D eigenvalue weighted by atomic mass is 9.98. The van der Waals surface area contributed by atoms with Gasteiger partial charge in [-0.05, 0) is 75.4 Å². The third-order valence-electron chi connectivity index (χ3n) is 5.82. The van der Waals surface area contributed by atoms with Crippen LogP contribution in [0.2, 0.25) is 0 Å². The molecule has 0 spiro atoms. The second-order valence-corrected chi connectivity index (χ2v) is 10.9. The van der Waals surface area contributed by atoms with Gasteiger partial charge in [-0.25, -0.2) is 13.6 Å². The van der Waals surface area contributed by atoms with E-state index in [1.54, 1.807) is 20.8 Å². The van der Waals surface area contributed by atoms with Crippen molar-refractivity contribution in [2.75, 3.05) is 6.54 Å². The molecule has 2 aromatic carbocycles. The van der Waals surface area contributed by atoms with E-state index in [0.717, 1.165) is 28.2 Å². The topological polar surface area (TPSA) is 78.9 Å². The first-order valence-corrected chi connectivity index (χ1v) is 12.3. The van der Waals surface area contributed by atoms with E-state index >= 15 is 0 Å². The molecule has 1 fully saturated rings. The van der Waals surface area contributed by atoms with Crippen LogP contribution in [-0.2, 0) is 21.5 Å². The van der Waals surface area contributed by atoms with Crippen molar-refractivity contribution in [2.24, 2.45) is 0 Å². The average Bonchev–Trinajstić information content (AvgIpc) is 3.50. The summed E-state index contributed by atoms with van der Waals surface area (Å²) < 4.78 is 34.0. The minimum atomic E-state index is -1.23. The molecule has 35 heavy (non-hydrogen) atoms. The number of benzene rings is 2. The largest absolute Gasteiger partial charge is 0.444 e. The van der Waals surface area contributed by atoms with E-state index in [0.29, 0.717) is 12.8 Å². The van der Waals surface area contributed by atoms with Gasteiger partial charge in [0, 0.05) is 17.5 Å². The third kappa shape index (κ3) is 7.24. The van der Waals surface area contributed by atoms with Crippen molar-refractivity contribution in [3.05, 3.63) is 69.7 Å². The Kier molecular flexibility index (Phi) is 8.21. The molecule has 0 radical (unpaired) electrons. The van der Waals surface area contributed by atoms with Crippen LogP contribution >= 0.6 is 15.9 Å². The second kappa shape index (κ2) is 10.6. The molecule has 0 aromatic heterocycles. The SMILES string of the molecule is CC(=O)N[C@@H](Cc1cc(F)cc(F)c1)C(O)CN(C(=O)OC(C)(C)C)C1(c2cccc(Br)c2)CC1. The van der Waals surface area contributed by atoms with E-state index in [4.69, 9.17) is 4.74 Å². The van der Waals surface area contributed by atoms with Gasteiger partial charge in [0.15, 0.2) is 0 Å². The van der Waals surface area contributed by atoms with Crippen molar-refractivity contribution >= 4 is 27.9 Å². The molecule has 190 valence electrons. The number of amides is 2. The highest BCUT2D eigenvalue weighted by Crippen LogP contribution is 2.52. The first-order valence-electron chi connectivity index (χ1n) is 11.5. The van der Waals surface area contributed by atoms with E-state index in [9.17, 15) is 23.5 Å². The summed E-state index contributed by atoms with van der Waals surface area (Å²) in [4.78, 5) is 26.7. The molecular weight excluding hydrogens is 522 g/mol. The van der Waals surface area contributed by atoms with E-state index in [1.165, 1.54) is 11.8 Å². The molecule has 0 aliphatic heterocycles. The second-order valence-electron chi connectivity index (χ2n) is 9.99. The molecule has 1 aliphatic rings. The Morgan fingerprint density at radius 3 is 2.31 bits per heavy atom. The van der Waals surface area contributed by atoms with Crippen molar-refractivity contribution in [1.82, 2.24) is 10.2 Å². The van der Waals surface area contributed by atoms with Gasteiger partial charge in [0.05, 0.1) is 24.2 Å². The molecule has 6 nitrogen and oxygen atoms in total. The number of carbonyl (C=O) groups excluding carboxylic acids is 2. The van der Waals surface area contributed by atoms with Gasteiger partial charge in [0.1, 0.15) is 17.2 Å². The maximum absolute atomic E-state index is 13.7. The van der Waals surface area contributed by atoms with E-state index in [1.807, 2.05) is 24.3 Å². The number of nitrogens with zero attached hydrogens (tertiary/aromatic N) is 1. The van der Waals surface area contributed by atoms with Gasteiger partial charge < -0.3 is 15.2 Å². The Hall–Kier alpha value is -2.52. The van der Waals surface area contributed by atoms with Crippen LogP contribution in [0, 0.1) is 11.6 Å². The van der Waals surface area contributed by atoms with Crippen molar-refractivity contribution in [3.8, 4) is 0 Å². The Bertz CT molecular complexity index is 1070. The zero-order valence-electron chi connectivity index (χ0n) is 20.3. The van der Waals surface area contributed by atoms with Crippen LogP contribution in [0.25, 0.3) is 0 Å². The number of carbonyl (C=O) groups is 2. The first kappa shape index (κ1) is 27.1. The number of rotatable bonds is 8. The standard InChI is InChI=1S/C26H31BrF2N2O4/c1-16(32)30-22(12-17-10-20(28)14-21(29)11-17)23(33)15-31(24(34)35-25(2,3)4)26(8-9-26)18-6-5-7-19(27)13-18/h5-7,10-11,13-14,22-23,33H,8-9,12,15H2,1-4H3,(H,30,32)/t22-,23?/m0/s1. The van der Waals surface area contributed by atoms with Crippen molar-refractivity contribution in [2.45, 2.75) is 70.2 Å². The maximum atomic E-state index is 13.7. The predicted molar refractivity (Wildman–Crippen MR) is 132 cm³/mol. The molecule has 2 atom stereocenters. The minimum absolute atomic E-state index is 0.0263. The number of aliphatic hydroxyl groups excluding tert-OH is 1. The van der Waals surface area contributed by atoms with Gasteiger partial charge >= 0.3 is 6.09 Å². The average molecular weight is 553 g/mol. The molecule has 9 heteroatoms. The van der Waals surface area contributed by atoms with Gasteiger partial charge in [0.25, 0.3) is 0 Å². The Morgan fingerprint density at radius 2 is 1.80 bits per heavy atom. The fraction of sp³-hybridized carbons (Fsp3) is 0.462. The fourth-order valence-electron chi connectivity index (χ4n) is 4.19. The van der Waals surface area contributed by atoms with Crippen LogP contribution in [0.5, 0.6) is 0 Å². The molecule has 2 N–H and O–H groups in total. The van der Waals surface area contributed by atoms with Crippen LogP contribution in [0.1, 0.15) is 51.7 Å². The minimum Gasteiger partial charge on any atom is -0.444 e. The molecule has 2 aromatic rings. The van der Waals surface area contributed by atoms with Gasteiger partial charge in [-0.3, -0.25) is 9.69 Å². The van der Waals surface area contributed by atoms with Crippen LogP contribution in [-0.4, -0.2) is 46.3 Å². The number of hydrogen-bond acceptors (Lipinski definition) is 4. The van der Waals surface area contributed by atoms with Gasteiger partial charge in [0.2, 0.25) is 5.91 Å². The lowest BCUT2D eigenvalue weighted by molar-refractivity contribution is -0.120. The molecule has 0 heterocycles. The van der Waals surface area contributed by atoms with Crippen LogP contribution in [0.15, 0.2) is 46.9 Å². The number of halogens is 3. The third-order valence-corrected chi connectivity index (χ3v) is 6.31. The molecule has 0 saturated heterocycles. The predicted octanol–water partition coefficient (Wildman–Crippen LogP) is 5.06. The summed E-state index contributed by atoms with van der Waals surface area (Å²) in [5.41, 5.74) is -0.256. The normalized spacial score (nSPS) is 16.2. The lowest BCUT2D eigenvalue weighted by Gasteiger charge is -2.37. The molecule has 3 rings (SSSR count). The smallest absolute Gasteiger partial charge is 0.411 e. The maximum Gasteiger partial charge on any atom is 0.411 e. The zero-order valence-corrected chi connectivity index (χ0v) is 21.9. The summed E-state index contributed by atoms with van der Waals surface area (Å²) in [5.74, 6) is -1.92. The summed E-state index contributed by atoms with van der Waals surface area (Å²) in [6.45, 7) is 6.43. The van der Waals surface area contributed by atoms with Crippen molar-refractivity contribution in [3.63, 3.8) is 0 Å². The number of ether oxygens (including phenoxy) is 1. The Labute approximate surface area is 212 Å². The number of nitrogens with one attached hydrogen (secondary N) is 1. The number of hydrogen-bond donors (Lipinski definition) is 2. The monoisotopic (exact) mass is 552 g/mol. The van der Waals surface area contributed by atoms with Crippen molar-refractivity contribution < 1.29 is 28.2 Å². The van der Waals surface area contributed by atoms with Crippen molar-refractivity contribution in [1.29, 1.82) is 0 Å². The number of aliphatic hydroxyl groups is 1. The van der Waals surface area contributed by atoms with Crippen LogP contribution < -0.4 is 5.32 Å². The summed E-state index contributed by atoms with van der Waals surface area (Å²) in [7, 11) is 0. The lowest BCUT2D eigenvalue weighted by Crippen LogP contribution is -2.53. The van der Waals surface area contributed by atoms with E-state index < -0.39 is 46.9 Å². The highest BCUT2D eigenvalue weighted by Gasteiger charge is 2.53. The van der Waals surface area contributed by atoms with Crippen LogP contribution in [0.3, 0.4) is 0 Å². The summed E-state index contributed by atoms with van der Waals surface area (Å²) >= 11 is 3.47. The van der Waals surface area contributed by atoms with Gasteiger partial charge in [-0.1, -0.05) is 28.1 Å². The Morgan fingerprint density at radius 1 is 1.17 bits per heavy atom. The van der Waals surface area contributed by atoms with E-state index in [2.05, 4.69) is 21.2 Å². The first-order chi connectivity index (χ1) is 16.3. The molecule has 1 aliphatic carbocycles. The van der Waals surface area contributed by atoms with Gasteiger partial charge in [-0.2, -0.15) is 0 Å². The summed E-state index contributed by atoms with van der Waals surface area (Å²) in [6.07, 6.45) is -0.499. The molecule has 2 amide bonds. The van der Waals surface area contributed by atoms with Gasteiger partial charge in [-0.15, -0.1) is 0 Å². The quantitative estimate of drug-likeness (QED) is 0.479. The Balaban J connectivity index is 1.91. The molecule has 0 bridgehead atoms. The van der Waals surface area contributed by atoms with Crippen LogP contribution in [0.4, 0.5) is 13.6 Å². The zero-order chi connectivity index (χ0) is 26.0. The highest BCUT2D eigenvalue weighted by molar-refractivity contribution is 9.10.